The van der Waals surface area contributed by atoms with Crippen LogP contribution in [0.15, 0.2) is 48.5 Å². The zero-order chi connectivity index (χ0) is 13.7. The summed E-state index contributed by atoms with van der Waals surface area (Å²) in [7, 11) is 0. The van der Waals surface area contributed by atoms with Crippen LogP contribution in [-0.4, -0.2) is 11.7 Å². The molecule has 0 aliphatic rings. The summed E-state index contributed by atoms with van der Waals surface area (Å²) in [6, 6.07) is 13.9. The first-order valence-corrected chi connectivity index (χ1v) is 6.05. The zero-order valence-electron chi connectivity index (χ0n) is 10.4. The highest BCUT2D eigenvalue weighted by atomic mass is 19.1. The van der Waals surface area contributed by atoms with Crippen molar-refractivity contribution in [2.24, 2.45) is 5.73 Å². The summed E-state index contributed by atoms with van der Waals surface area (Å²) in [6.45, 7) is 0.365. The van der Waals surface area contributed by atoms with Crippen molar-refractivity contribution in [2.45, 2.75) is 12.7 Å². The molecule has 0 aliphatic carbocycles. The van der Waals surface area contributed by atoms with E-state index in [0.29, 0.717) is 12.4 Å². The first-order valence-electron chi connectivity index (χ1n) is 6.05. The molecule has 0 spiro atoms. The predicted octanol–water partition coefficient (Wildman–Crippen LogP) is 2.40. The SMILES string of the molecule is NC[C@@H](O)c1cc(OCc2ccccc2)ccc1F. The molecule has 0 fully saturated rings. The van der Waals surface area contributed by atoms with E-state index in [0.717, 1.165) is 5.56 Å². The van der Waals surface area contributed by atoms with E-state index in [4.69, 9.17) is 10.5 Å². The number of rotatable bonds is 5. The molecule has 2 rings (SSSR count). The van der Waals surface area contributed by atoms with Crippen LogP contribution in [0.2, 0.25) is 0 Å². The number of halogens is 1. The van der Waals surface area contributed by atoms with Crippen molar-refractivity contribution in [1.82, 2.24) is 0 Å². The van der Waals surface area contributed by atoms with Gasteiger partial charge in [0.05, 0.1) is 6.10 Å². The van der Waals surface area contributed by atoms with E-state index in [1.54, 1.807) is 0 Å². The minimum Gasteiger partial charge on any atom is -0.489 e. The Morgan fingerprint density at radius 3 is 2.58 bits per heavy atom. The molecule has 3 nitrogen and oxygen atoms in total. The predicted molar refractivity (Wildman–Crippen MR) is 71.2 cm³/mol. The lowest BCUT2D eigenvalue weighted by molar-refractivity contribution is 0.181. The Labute approximate surface area is 111 Å². The Kier molecular flexibility index (Phi) is 4.49. The molecule has 2 aromatic carbocycles. The molecule has 0 heterocycles. The van der Waals surface area contributed by atoms with Gasteiger partial charge in [-0.25, -0.2) is 4.39 Å². The van der Waals surface area contributed by atoms with E-state index in [-0.39, 0.29) is 12.1 Å². The van der Waals surface area contributed by atoms with Gasteiger partial charge in [-0.05, 0) is 23.8 Å². The number of nitrogens with two attached hydrogens (primary N) is 1. The van der Waals surface area contributed by atoms with E-state index in [1.807, 2.05) is 30.3 Å². The monoisotopic (exact) mass is 261 g/mol. The second-order valence-corrected chi connectivity index (χ2v) is 4.21. The van der Waals surface area contributed by atoms with Crippen LogP contribution >= 0.6 is 0 Å². The molecule has 0 unspecified atom stereocenters. The lowest BCUT2D eigenvalue weighted by Crippen LogP contribution is -2.13. The summed E-state index contributed by atoms with van der Waals surface area (Å²) in [4.78, 5) is 0. The van der Waals surface area contributed by atoms with Crippen molar-refractivity contribution in [3.8, 4) is 5.75 Å². The molecule has 1 atom stereocenters. The fourth-order valence-electron chi connectivity index (χ4n) is 1.73. The van der Waals surface area contributed by atoms with Crippen molar-refractivity contribution < 1.29 is 14.2 Å². The maximum atomic E-state index is 13.5. The van der Waals surface area contributed by atoms with E-state index in [9.17, 15) is 9.50 Å². The maximum Gasteiger partial charge on any atom is 0.129 e. The highest BCUT2D eigenvalue weighted by molar-refractivity contribution is 5.31. The van der Waals surface area contributed by atoms with Crippen LogP contribution in [0.4, 0.5) is 4.39 Å². The summed E-state index contributed by atoms with van der Waals surface area (Å²) >= 11 is 0. The fraction of sp³-hybridized carbons (Fsp3) is 0.200. The molecule has 19 heavy (non-hydrogen) atoms. The largest absolute Gasteiger partial charge is 0.489 e. The molecule has 0 aromatic heterocycles. The number of hydrogen-bond acceptors (Lipinski definition) is 3. The van der Waals surface area contributed by atoms with E-state index in [2.05, 4.69) is 0 Å². The summed E-state index contributed by atoms with van der Waals surface area (Å²) < 4.78 is 19.1. The Morgan fingerprint density at radius 1 is 1.16 bits per heavy atom. The Morgan fingerprint density at radius 2 is 1.89 bits per heavy atom. The third kappa shape index (κ3) is 3.53. The van der Waals surface area contributed by atoms with Crippen LogP contribution in [0.3, 0.4) is 0 Å². The molecular formula is C15H16FNO2. The van der Waals surface area contributed by atoms with Gasteiger partial charge in [-0.1, -0.05) is 30.3 Å². The molecule has 2 aromatic rings. The van der Waals surface area contributed by atoms with Gasteiger partial charge in [-0.3, -0.25) is 0 Å². The van der Waals surface area contributed by atoms with E-state index < -0.39 is 11.9 Å². The number of benzene rings is 2. The van der Waals surface area contributed by atoms with Gasteiger partial charge in [0.2, 0.25) is 0 Å². The van der Waals surface area contributed by atoms with E-state index in [1.165, 1.54) is 18.2 Å². The van der Waals surface area contributed by atoms with Gasteiger partial charge in [0.1, 0.15) is 18.2 Å². The normalized spacial score (nSPS) is 12.2. The number of hydrogen-bond donors (Lipinski definition) is 2. The van der Waals surface area contributed by atoms with Crippen molar-refractivity contribution in [1.29, 1.82) is 0 Å². The van der Waals surface area contributed by atoms with Gasteiger partial charge in [0.25, 0.3) is 0 Å². The lowest BCUT2D eigenvalue weighted by atomic mass is 10.1. The summed E-state index contributed by atoms with van der Waals surface area (Å²) in [5.41, 5.74) is 6.51. The standard InChI is InChI=1S/C15H16FNO2/c16-14-7-6-12(8-13(14)15(18)9-17)19-10-11-4-2-1-3-5-11/h1-8,15,18H,9-10,17H2/t15-/m1/s1. The molecule has 3 N–H and O–H groups in total. The lowest BCUT2D eigenvalue weighted by Gasteiger charge is -2.12. The van der Waals surface area contributed by atoms with Gasteiger partial charge in [-0.15, -0.1) is 0 Å². The average Bonchev–Trinajstić information content (AvgIpc) is 2.46. The molecule has 0 saturated carbocycles. The van der Waals surface area contributed by atoms with Crippen molar-refractivity contribution >= 4 is 0 Å². The summed E-state index contributed by atoms with van der Waals surface area (Å²) in [5, 5.41) is 9.60. The average molecular weight is 261 g/mol. The second-order valence-electron chi connectivity index (χ2n) is 4.21. The highest BCUT2D eigenvalue weighted by Crippen LogP contribution is 2.22. The fourth-order valence-corrected chi connectivity index (χ4v) is 1.73. The number of aliphatic hydroxyl groups excluding tert-OH is 1. The molecule has 0 radical (unpaired) electrons. The first kappa shape index (κ1) is 13.5. The Balaban J connectivity index is 2.09. The smallest absolute Gasteiger partial charge is 0.129 e. The van der Waals surface area contributed by atoms with Crippen LogP contribution < -0.4 is 10.5 Å². The Bertz CT molecular complexity index is 531. The van der Waals surface area contributed by atoms with Crippen LogP contribution in [0.1, 0.15) is 17.2 Å². The molecular weight excluding hydrogens is 245 g/mol. The van der Waals surface area contributed by atoms with Gasteiger partial charge < -0.3 is 15.6 Å². The molecule has 0 bridgehead atoms. The topological polar surface area (TPSA) is 55.5 Å². The van der Waals surface area contributed by atoms with Crippen molar-refractivity contribution in [3.05, 3.63) is 65.5 Å². The molecule has 100 valence electrons. The van der Waals surface area contributed by atoms with Crippen molar-refractivity contribution in [2.75, 3.05) is 6.54 Å². The number of aliphatic hydroxyl groups is 1. The van der Waals surface area contributed by atoms with Gasteiger partial charge in [0, 0.05) is 12.1 Å². The number of ether oxygens (including phenoxy) is 1. The van der Waals surface area contributed by atoms with Gasteiger partial charge >= 0.3 is 0 Å². The summed E-state index contributed by atoms with van der Waals surface area (Å²) in [6.07, 6.45) is -1.01. The highest BCUT2D eigenvalue weighted by Gasteiger charge is 2.12. The van der Waals surface area contributed by atoms with E-state index >= 15 is 0 Å². The van der Waals surface area contributed by atoms with Crippen LogP contribution in [0, 0.1) is 5.82 Å². The summed E-state index contributed by atoms with van der Waals surface area (Å²) in [5.74, 6) is 0.0257. The molecule has 0 saturated heterocycles. The van der Waals surface area contributed by atoms with Crippen LogP contribution in [-0.2, 0) is 6.61 Å². The molecule has 0 aliphatic heterocycles. The van der Waals surface area contributed by atoms with Gasteiger partial charge in [0.15, 0.2) is 0 Å². The Hall–Kier alpha value is -1.91. The van der Waals surface area contributed by atoms with Crippen LogP contribution in [0.5, 0.6) is 5.75 Å². The third-order valence-corrected chi connectivity index (χ3v) is 2.80. The quantitative estimate of drug-likeness (QED) is 0.869. The minimum atomic E-state index is -1.01. The van der Waals surface area contributed by atoms with Crippen molar-refractivity contribution in [3.63, 3.8) is 0 Å². The minimum absolute atomic E-state index is 0.0287. The first-order chi connectivity index (χ1) is 9.20. The third-order valence-electron chi connectivity index (χ3n) is 2.80. The maximum absolute atomic E-state index is 13.5. The van der Waals surface area contributed by atoms with Gasteiger partial charge in [-0.2, -0.15) is 0 Å². The molecule has 0 amide bonds. The molecule has 4 heteroatoms. The zero-order valence-corrected chi connectivity index (χ0v) is 10.4. The second kappa shape index (κ2) is 6.31. The van der Waals surface area contributed by atoms with Crippen LogP contribution in [0.25, 0.3) is 0 Å².